The van der Waals surface area contributed by atoms with Gasteiger partial charge in [0.05, 0.1) is 0 Å². The summed E-state index contributed by atoms with van der Waals surface area (Å²) in [5, 5.41) is 9.14. The number of nitrogens with one attached hydrogen (secondary N) is 2. The lowest BCUT2D eigenvalue weighted by atomic mass is 9.88. The summed E-state index contributed by atoms with van der Waals surface area (Å²) in [6.07, 6.45) is 7.19. The van der Waals surface area contributed by atoms with Gasteiger partial charge < -0.3 is 10.6 Å². The van der Waals surface area contributed by atoms with Crippen LogP contribution in [0, 0.1) is 5.92 Å². The Bertz CT molecular complexity index is 677. The van der Waals surface area contributed by atoms with E-state index in [1.54, 1.807) is 0 Å². The van der Waals surface area contributed by atoms with Crippen LogP contribution >= 0.6 is 35.3 Å². The van der Waals surface area contributed by atoms with Crippen LogP contribution in [0.15, 0.2) is 47.0 Å². The molecule has 7 heteroatoms. The summed E-state index contributed by atoms with van der Waals surface area (Å²) in [4.78, 5) is 12.5. The number of aromatic nitrogens is 1. The molecule has 0 amide bonds. The van der Waals surface area contributed by atoms with Crippen molar-refractivity contribution >= 4 is 41.3 Å². The third-order valence-corrected chi connectivity index (χ3v) is 5.97. The number of guanidine groups is 1. The molecule has 0 radical (unpaired) electrons. The zero-order chi connectivity index (χ0) is 18.2. The van der Waals surface area contributed by atoms with Crippen molar-refractivity contribution < 1.29 is 0 Å². The number of halogens is 1. The Kier molecular flexibility index (Phi) is 9.50. The molecule has 2 N–H and O–H groups in total. The first-order valence-electron chi connectivity index (χ1n) is 9.35. The molecule has 2 atom stereocenters. The minimum atomic E-state index is 0. The monoisotopic (exact) mass is 499 g/mol. The van der Waals surface area contributed by atoms with E-state index in [9.17, 15) is 0 Å². The summed E-state index contributed by atoms with van der Waals surface area (Å²) >= 11 is 1.87. The minimum Gasteiger partial charge on any atom is -0.356 e. The van der Waals surface area contributed by atoms with Crippen molar-refractivity contribution in [2.45, 2.75) is 25.3 Å². The average Bonchev–Trinajstić information content (AvgIpc) is 3.19. The Morgan fingerprint density at radius 2 is 2.22 bits per heavy atom. The van der Waals surface area contributed by atoms with Gasteiger partial charge in [-0.15, -0.1) is 35.3 Å². The summed E-state index contributed by atoms with van der Waals surface area (Å²) in [5.41, 5.74) is 1.24. The van der Waals surface area contributed by atoms with Crippen LogP contribution in [0.25, 0.3) is 0 Å². The molecule has 3 rings (SSSR count). The number of pyridine rings is 1. The van der Waals surface area contributed by atoms with Crippen LogP contribution < -0.4 is 10.6 Å². The van der Waals surface area contributed by atoms with E-state index in [0.717, 1.165) is 25.5 Å². The molecule has 0 spiro atoms. The van der Waals surface area contributed by atoms with Gasteiger partial charge in [-0.1, -0.05) is 12.1 Å². The highest BCUT2D eigenvalue weighted by molar-refractivity contribution is 14.0. The number of thiophene rings is 1. The zero-order valence-corrected chi connectivity index (χ0v) is 19.2. The maximum Gasteiger partial charge on any atom is 0.190 e. The summed E-state index contributed by atoms with van der Waals surface area (Å²) < 4.78 is 0. The highest BCUT2D eigenvalue weighted by Gasteiger charge is 2.31. The lowest BCUT2D eigenvalue weighted by Crippen LogP contribution is -2.45. The normalized spacial score (nSPS) is 20.7. The molecule has 3 heterocycles. The van der Waals surface area contributed by atoms with Crippen molar-refractivity contribution in [1.82, 2.24) is 20.5 Å². The lowest BCUT2D eigenvalue weighted by molar-refractivity contribution is 0.125. The van der Waals surface area contributed by atoms with E-state index in [4.69, 9.17) is 0 Å². The van der Waals surface area contributed by atoms with E-state index >= 15 is 0 Å². The standard InChI is InChI=1S/C20H29N5S.HI/c1-21-20(23-11-9-16-6-3-10-22-14-16)24-15-17-7-4-12-25(2)19(17)18-8-5-13-26-18;/h3,5-6,8,10,13-14,17,19H,4,7,9,11-12,15H2,1-2H3,(H2,21,23,24);1H. The molecule has 2 aromatic heterocycles. The zero-order valence-electron chi connectivity index (χ0n) is 16.1. The second kappa shape index (κ2) is 11.6. The van der Waals surface area contributed by atoms with E-state index in [1.807, 2.05) is 36.8 Å². The van der Waals surface area contributed by atoms with Gasteiger partial charge >= 0.3 is 0 Å². The van der Waals surface area contributed by atoms with Gasteiger partial charge in [0.15, 0.2) is 5.96 Å². The molecule has 5 nitrogen and oxygen atoms in total. The van der Waals surface area contributed by atoms with E-state index in [-0.39, 0.29) is 24.0 Å². The van der Waals surface area contributed by atoms with Gasteiger partial charge in [-0.3, -0.25) is 14.9 Å². The van der Waals surface area contributed by atoms with Gasteiger partial charge in [0.2, 0.25) is 0 Å². The highest BCUT2D eigenvalue weighted by Crippen LogP contribution is 2.36. The van der Waals surface area contributed by atoms with Gasteiger partial charge in [0.1, 0.15) is 0 Å². The fourth-order valence-electron chi connectivity index (χ4n) is 3.70. The minimum absolute atomic E-state index is 0. The molecule has 0 aromatic carbocycles. The summed E-state index contributed by atoms with van der Waals surface area (Å²) in [6, 6.07) is 9.02. The fraction of sp³-hybridized carbons (Fsp3) is 0.500. The first-order chi connectivity index (χ1) is 12.8. The molecule has 1 aliphatic rings. The molecule has 0 saturated carbocycles. The SMILES string of the molecule is CN=C(NCCc1cccnc1)NCC1CCCN(C)C1c1cccs1.I. The second-order valence-corrected chi connectivity index (χ2v) is 7.81. The molecule has 27 heavy (non-hydrogen) atoms. The molecule has 0 aliphatic carbocycles. The van der Waals surface area contributed by atoms with E-state index in [2.05, 4.69) is 56.1 Å². The van der Waals surface area contributed by atoms with E-state index < -0.39 is 0 Å². The topological polar surface area (TPSA) is 52.6 Å². The first kappa shape index (κ1) is 22.1. The fourth-order valence-corrected chi connectivity index (χ4v) is 4.69. The Morgan fingerprint density at radius 3 is 2.93 bits per heavy atom. The number of hydrogen-bond donors (Lipinski definition) is 2. The Labute approximate surface area is 183 Å². The number of rotatable bonds is 6. The Morgan fingerprint density at radius 1 is 1.33 bits per heavy atom. The summed E-state index contributed by atoms with van der Waals surface area (Å²) in [7, 11) is 4.08. The largest absolute Gasteiger partial charge is 0.356 e. The van der Waals surface area contributed by atoms with Crippen LogP contribution in [0.1, 0.15) is 29.3 Å². The van der Waals surface area contributed by atoms with E-state index in [1.165, 1.54) is 29.8 Å². The number of aliphatic imine (C=N–C) groups is 1. The van der Waals surface area contributed by atoms with Crippen LogP contribution in [0.4, 0.5) is 0 Å². The van der Waals surface area contributed by atoms with Crippen LogP contribution in [-0.2, 0) is 6.42 Å². The molecule has 148 valence electrons. The molecule has 1 aliphatic heterocycles. The van der Waals surface area contributed by atoms with Gasteiger partial charge in [0, 0.05) is 43.4 Å². The number of likely N-dealkylation sites (tertiary alicyclic amines) is 1. The highest BCUT2D eigenvalue weighted by atomic mass is 127. The molecular formula is C20H30IN5S. The Balaban J connectivity index is 0.00000261. The third kappa shape index (κ3) is 6.43. The van der Waals surface area contributed by atoms with Gasteiger partial charge in [0.25, 0.3) is 0 Å². The number of hydrogen-bond acceptors (Lipinski definition) is 4. The molecule has 1 fully saturated rings. The Hall–Kier alpha value is -1.19. The predicted molar refractivity (Wildman–Crippen MR) is 125 cm³/mol. The van der Waals surface area contributed by atoms with Crippen LogP contribution in [-0.4, -0.2) is 49.6 Å². The maximum absolute atomic E-state index is 4.38. The quantitative estimate of drug-likeness (QED) is 0.363. The second-order valence-electron chi connectivity index (χ2n) is 6.83. The third-order valence-electron chi connectivity index (χ3n) is 5.03. The van der Waals surface area contributed by atoms with Crippen molar-refractivity contribution in [2.24, 2.45) is 10.9 Å². The predicted octanol–water partition coefficient (Wildman–Crippen LogP) is 3.55. The van der Waals surface area contributed by atoms with Crippen molar-refractivity contribution in [3.8, 4) is 0 Å². The van der Waals surface area contributed by atoms with Crippen molar-refractivity contribution in [3.05, 3.63) is 52.5 Å². The number of nitrogens with zero attached hydrogens (tertiary/aromatic N) is 3. The van der Waals surface area contributed by atoms with Crippen LogP contribution in [0.5, 0.6) is 0 Å². The summed E-state index contributed by atoms with van der Waals surface area (Å²) in [6.45, 7) is 2.97. The summed E-state index contributed by atoms with van der Waals surface area (Å²) in [5.74, 6) is 1.48. The van der Waals surface area contributed by atoms with Crippen LogP contribution in [0.2, 0.25) is 0 Å². The number of piperidine rings is 1. The molecular weight excluding hydrogens is 469 g/mol. The maximum atomic E-state index is 4.38. The van der Waals surface area contributed by atoms with E-state index in [0.29, 0.717) is 12.0 Å². The molecule has 0 bridgehead atoms. The van der Waals surface area contributed by atoms with Crippen LogP contribution in [0.3, 0.4) is 0 Å². The van der Waals surface area contributed by atoms with Crippen molar-refractivity contribution in [2.75, 3.05) is 33.7 Å². The average molecular weight is 499 g/mol. The smallest absolute Gasteiger partial charge is 0.190 e. The van der Waals surface area contributed by atoms with Gasteiger partial charge in [-0.25, -0.2) is 0 Å². The van der Waals surface area contributed by atoms with Crippen molar-refractivity contribution in [3.63, 3.8) is 0 Å². The lowest BCUT2D eigenvalue weighted by Gasteiger charge is -2.39. The molecule has 2 unspecified atom stereocenters. The van der Waals surface area contributed by atoms with Gasteiger partial charge in [-0.2, -0.15) is 0 Å². The molecule has 2 aromatic rings. The van der Waals surface area contributed by atoms with Crippen molar-refractivity contribution in [1.29, 1.82) is 0 Å². The van der Waals surface area contributed by atoms with Gasteiger partial charge in [-0.05, 0) is 61.8 Å². The first-order valence-corrected chi connectivity index (χ1v) is 10.2. The molecule has 1 saturated heterocycles.